The summed E-state index contributed by atoms with van der Waals surface area (Å²) in [5.41, 5.74) is 4.61. The molecule has 5 nitrogen and oxygen atoms in total. The van der Waals surface area contributed by atoms with Crippen LogP contribution in [0.1, 0.15) is 11.1 Å². The van der Waals surface area contributed by atoms with Crippen LogP contribution in [0.25, 0.3) is 22.5 Å². The van der Waals surface area contributed by atoms with Gasteiger partial charge in [0.2, 0.25) is 0 Å². The van der Waals surface area contributed by atoms with Crippen molar-refractivity contribution in [2.24, 2.45) is 0 Å². The van der Waals surface area contributed by atoms with Gasteiger partial charge in [0.05, 0.1) is 31.9 Å². The van der Waals surface area contributed by atoms with Gasteiger partial charge in [0, 0.05) is 16.8 Å². The molecule has 0 bridgehead atoms. The van der Waals surface area contributed by atoms with Crippen molar-refractivity contribution < 1.29 is 14.3 Å². The van der Waals surface area contributed by atoms with E-state index in [1.54, 1.807) is 4.68 Å². The first-order valence-corrected chi connectivity index (χ1v) is 8.65. The van der Waals surface area contributed by atoms with Crippen molar-refractivity contribution in [3.8, 4) is 16.9 Å². The first kappa shape index (κ1) is 18.7. The van der Waals surface area contributed by atoms with Gasteiger partial charge in [-0.1, -0.05) is 23.7 Å². The topological polar surface area (TPSA) is 53.4 Å². The molecule has 3 rings (SSSR count). The minimum absolute atomic E-state index is 0.358. The second kappa shape index (κ2) is 8.10. The Bertz CT molecular complexity index is 991. The number of methoxy groups -OCH3 is 2. The van der Waals surface area contributed by atoms with Gasteiger partial charge in [0.1, 0.15) is 5.57 Å². The van der Waals surface area contributed by atoms with Gasteiger partial charge >= 0.3 is 5.97 Å². The Hall–Kier alpha value is -3.05. The molecule has 27 heavy (non-hydrogen) atoms. The summed E-state index contributed by atoms with van der Waals surface area (Å²) in [6.45, 7) is 1.93. The Morgan fingerprint density at radius 1 is 1.11 bits per heavy atom. The highest BCUT2D eigenvalue weighted by Gasteiger charge is 2.17. The second-order valence-corrected chi connectivity index (χ2v) is 6.35. The van der Waals surface area contributed by atoms with Crippen molar-refractivity contribution in [3.63, 3.8) is 0 Å². The summed E-state index contributed by atoms with van der Waals surface area (Å²) in [6, 6.07) is 15.2. The number of nitrogens with zero attached hydrogens (tertiary/aromatic N) is 2. The first-order valence-electron chi connectivity index (χ1n) is 8.27. The van der Waals surface area contributed by atoms with Crippen molar-refractivity contribution in [2.75, 3.05) is 14.2 Å². The lowest BCUT2D eigenvalue weighted by molar-refractivity contribution is -0.133. The number of hydrogen-bond acceptors (Lipinski definition) is 4. The van der Waals surface area contributed by atoms with E-state index < -0.39 is 5.97 Å². The summed E-state index contributed by atoms with van der Waals surface area (Å²) < 4.78 is 11.7. The van der Waals surface area contributed by atoms with Gasteiger partial charge in [-0.3, -0.25) is 0 Å². The molecular weight excluding hydrogens is 364 g/mol. The zero-order valence-electron chi connectivity index (χ0n) is 15.3. The van der Waals surface area contributed by atoms with Crippen molar-refractivity contribution in [1.29, 1.82) is 0 Å². The third-order valence-corrected chi connectivity index (χ3v) is 4.40. The molecule has 0 amide bonds. The number of halogens is 1. The average Bonchev–Trinajstić information content (AvgIpc) is 3.17. The zero-order chi connectivity index (χ0) is 19.4. The maximum absolute atomic E-state index is 12.1. The SMILES string of the molecule is CO/C=C(/C(=O)OC)c1cc(-c2ccn(-c3ccc(Cl)cc3)n2)ccc1C. The molecule has 2 aromatic carbocycles. The summed E-state index contributed by atoms with van der Waals surface area (Å²) in [7, 11) is 2.84. The van der Waals surface area contributed by atoms with Crippen molar-refractivity contribution in [3.05, 3.63) is 77.1 Å². The molecule has 0 aliphatic carbocycles. The number of carbonyl (C=O) groups excluding carboxylic acids is 1. The normalized spacial score (nSPS) is 11.3. The molecule has 138 valence electrons. The van der Waals surface area contributed by atoms with Crippen LogP contribution >= 0.6 is 11.6 Å². The zero-order valence-corrected chi connectivity index (χ0v) is 16.0. The van der Waals surface area contributed by atoms with E-state index in [0.717, 1.165) is 28.1 Å². The first-order chi connectivity index (χ1) is 13.0. The molecule has 0 aliphatic rings. The third kappa shape index (κ3) is 4.04. The third-order valence-electron chi connectivity index (χ3n) is 4.14. The van der Waals surface area contributed by atoms with Gasteiger partial charge in [-0.05, 0) is 54.4 Å². The molecule has 0 N–H and O–H groups in total. The molecular formula is C21H19ClN2O3. The summed E-state index contributed by atoms with van der Waals surface area (Å²) in [5.74, 6) is -0.455. The van der Waals surface area contributed by atoms with Crippen LogP contribution in [0.4, 0.5) is 0 Å². The number of hydrogen-bond donors (Lipinski definition) is 0. The Balaban J connectivity index is 2.00. The number of rotatable bonds is 5. The Morgan fingerprint density at radius 2 is 1.85 bits per heavy atom. The second-order valence-electron chi connectivity index (χ2n) is 5.91. The van der Waals surface area contributed by atoms with Crippen LogP contribution < -0.4 is 0 Å². The van der Waals surface area contributed by atoms with Crippen LogP contribution in [0.5, 0.6) is 0 Å². The molecule has 0 fully saturated rings. The standard InChI is InChI=1S/C21H19ClN2O3/c1-14-4-5-15(12-18(14)19(13-26-2)21(25)27-3)20-10-11-24(23-20)17-8-6-16(22)7-9-17/h4-13H,1-3H3/b19-13+. The number of ether oxygens (including phenoxy) is 2. The highest BCUT2D eigenvalue weighted by Crippen LogP contribution is 2.27. The van der Waals surface area contributed by atoms with Crippen LogP contribution in [0.2, 0.25) is 5.02 Å². The van der Waals surface area contributed by atoms with Crippen LogP contribution in [-0.2, 0) is 14.3 Å². The van der Waals surface area contributed by atoms with Crippen molar-refractivity contribution in [1.82, 2.24) is 9.78 Å². The van der Waals surface area contributed by atoms with Crippen molar-refractivity contribution >= 4 is 23.1 Å². The number of aromatic nitrogens is 2. The molecule has 0 saturated carbocycles. The van der Waals surface area contributed by atoms with E-state index in [1.165, 1.54) is 20.5 Å². The summed E-state index contributed by atoms with van der Waals surface area (Å²) in [5, 5.41) is 5.30. The highest BCUT2D eigenvalue weighted by atomic mass is 35.5. The van der Waals surface area contributed by atoms with Gasteiger partial charge in [0.25, 0.3) is 0 Å². The average molecular weight is 383 g/mol. The fourth-order valence-corrected chi connectivity index (χ4v) is 2.86. The molecule has 0 atom stereocenters. The number of esters is 1. The molecule has 0 saturated heterocycles. The van der Waals surface area contributed by atoms with Crippen LogP contribution in [0.15, 0.2) is 61.0 Å². The summed E-state index contributed by atoms with van der Waals surface area (Å²) >= 11 is 5.94. The molecule has 3 aromatic rings. The summed E-state index contributed by atoms with van der Waals surface area (Å²) in [6.07, 6.45) is 3.27. The Morgan fingerprint density at radius 3 is 2.52 bits per heavy atom. The minimum Gasteiger partial charge on any atom is -0.503 e. The predicted octanol–water partition coefficient (Wildman–Crippen LogP) is 4.66. The lowest BCUT2D eigenvalue weighted by Gasteiger charge is -2.10. The Labute approximate surface area is 162 Å². The highest BCUT2D eigenvalue weighted by molar-refractivity contribution is 6.30. The molecule has 1 heterocycles. The minimum atomic E-state index is -0.455. The molecule has 0 radical (unpaired) electrons. The van der Waals surface area contributed by atoms with E-state index in [4.69, 9.17) is 21.1 Å². The summed E-state index contributed by atoms with van der Waals surface area (Å²) in [4.78, 5) is 12.1. The van der Waals surface area contributed by atoms with Crippen LogP contribution in [0, 0.1) is 6.92 Å². The largest absolute Gasteiger partial charge is 0.503 e. The van der Waals surface area contributed by atoms with E-state index >= 15 is 0 Å². The van der Waals surface area contributed by atoms with Gasteiger partial charge in [-0.15, -0.1) is 0 Å². The van der Waals surface area contributed by atoms with E-state index in [-0.39, 0.29) is 0 Å². The Kier molecular flexibility index (Phi) is 5.62. The number of carbonyl (C=O) groups is 1. The molecule has 0 spiro atoms. The maximum Gasteiger partial charge on any atom is 0.341 e. The number of benzene rings is 2. The molecule has 0 aliphatic heterocycles. The fourth-order valence-electron chi connectivity index (χ4n) is 2.74. The van der Waals surface area contributed by atoms with E-state index in [2.05, 4.69) is 5.10 Å². The lowest BCUT2D eigenvalue weighted by atomic mass is 9.97. The van der Waals surface area contributed by atoms with Gasteiger partial charge in [-0.25, -0.2) is 9.48 Å². The molecule has 0 unspecified atom stereocenters. The van der Waals surface area contributed by atoms with Crippen molar-refractivity contribution in [2.45, 2.75) is 6.92 Å². The van der Waals surface area contributed by atoms with Gasteiger partial charge in [-0.2, -0.15) is 5.10 Å². The van der Waals surface area contributed by atoms with Gasteiger partial charge in [0.15, 0.2) is 0 Å². The van der Waals surface area contributed by atoms with E-state index in [9.17, 15) is 4.79 Å². The maximum atomic E-state index is 12.1. The molecule has 6 heteroatoms. The number of aryl methyl sites for hydroxylation is 1. The quantitative estimate of drug-likeness (QED) is 0.366. The fraction of sp³-hybridized carbons (Fsp3) is 0.143. The molecule has 1 aromatic heterocycles. The lowest BCUT2D eigenvalue weighted by Crippen LogP contribution is -2.06. The van der Waals surface area contributed by atoms with E-state index in [0.29, 0.717) is 10.6 Å². The van der Waals surface area contributed by atoms with Crippen LogP contribution in [0.3, 0.4) is 0 Å². The van der Waals surface area contributed by atoms with Crippen LogP contribution in [-0.4, -0.2) is 30.0 Å². The monoisotopic (exact) mass is 382 g/mol. The predicted molar refractivity (Wildman–Crippen MR) is 106 cm³/mol. The smallest absolute Gasteiger partial charge is 0.341 e. The van der Waals surface area contributed by atoms with Gasteiger partial charge < -0.3 is 9.47 Å². The van der Waals surface area contributed by atoms with E-state index in [1.807, 2.05) is 61.7 Å².